The van der Waals surface area contributed by atoms with Crippen molar-refractivity contribution in [2.75, 3.05) is 18.8 Å². The first-order chi connectivity index (χ1) is 12.4. The van der Waals surface area contributed by atoms with E-state index in [0.717, 1.165) is 42.6 Å². The molecule has 1 aliphatic carbocycles. The van der Waals surface area contributed by atoms with E-state index in [1.165, 1.54) is 28.6 Å². The van der Waals surface area contributed by atoms with Gasteiger partial charge in [-0.2, -0.15) is 0 Å². The molecule has 2 aromatic heterocycles. The Balaban J connectivity index is 1.53. The molecule has 1 fully saturated rings. The smallest absolute Gasteiger partial charge is 0.262 e. The molecule has 140 valence electrons. The zero-order valence-electron chi connectivity index (χ0n) is 15.6. The van der Waals surface area contributed by atoms with Gasteiger partial charge in [-0.1, -0.05) is 25.6 Å². The van der Waals surface area contributed by atoms with Crippen molar-refractivity contribution in [3.63, 3.8) is 0 Å². The number of fused-ring (bicyclic) bond motifs is 3. The Morgan fingerprint density at radius 2 is 2.00 bits per heavy atom. The minimum Gasteiger partial charge on any atom is -0.341 e. The van der Waals surface area contributed by atoms with Gasteiger partial charge in [0.2, 0.25) is 5.91 Å². The van der Waals surface area contributed by atoms with E-state index in [0.29, 0.717) is 22.7 Å². The normalized spacial score (nSPS) is 22.8. The molecule has 0 radical (unpaired) electrons. The maximum Gasteiger partial charge on any atom is 0.262 e. The predicted octanol–water partition coefficient (Wildman–Crippen LogP) is 3.08. The molecule has 0 saturated carbocycles. The number of hydrogen-bond acceptors (Lipinski definition) is 5. The molecule has 2 aliphatic rings. The molecule has 0 spiro atoms. The molecule has 0 bridgehead atoms. The van der Waals surface area contributed by atoms with Gasteiger partial charge in [-0.3, -0.25) is 14.2 Å². The summed E-state index contributed by atoms with van der Waals surface area (Å²) in [4.78, 5) is 34.3. The van der Waals surface area contributed by atoms with Crippen LogP contribution >= 0.6 is 23.1 Å². The SMILES string of the molecule is C[C@@H]1C[C@H](C)CN(C(=O)CSc2nc3sc4c(c3c(=O)n2C)CCC4)C1. The summed E-state index contributed by atoms with van der Waals surface area (Å²) in [5.41, 5.74) is 1.24. The van der Waals surface area contributed by atoms with E-state index in [4.69, 9.17) is 4.98 Å². The van der Waals surface area contributed by atoms with Gasteiger partial charge < -0.3 is 4.90 Å². The maximum atomic E-state index is 12.8. The molecule has 1 saturated heterocycles. The topological polar surface area (TPSA) is 55.2 Å². The van der Waals surface area contributed by atoms with Crippen LogP contribution in [0.15, 0.2) is 9.95 Å². The van der Waals surface area contributed by atoms with Crippen LogP contribution in [0.5, 0.6) is 0 Å². The molecule has 2 aromatic rings. The van der Waals surface area contributed by atoms with Gasteiger partial charge in [0.15, 0.2) is 5.16 Å². The summed E-state index contributed by atoms with van der Waals surface area (Å²) in [5, 5.41) is 1.45. The molecular weight excluding hydrogens is 366 g/mol. The van der Waals surface area contributed by atoms with Gasteiger partial charge >= 0.3 is 0 Å². The summed E-state index contributed by atoms with van der Waals surface area (Å²) >= 11 is 3.04. The Morgan fingerprint density at radius 3 is 2.73 bits per heavy atom. The van der Waals surface area contributed by atoms with Crippen LogP contribution in [0.4, 0.5) is 0 Å². The average molecular weight is 392 g/mol. The van der Waals surface area contributed by atoms with Crippen LogP contribution in [0.2, 0.25) is 0 Å². The number of thiophene rings is 1. The van der Waals surface area contributed by atoms with Gasteiger partial charge in [0.25, 0.3) is 5.56 Å². The number of nitrogens with zero attached hydrogens (tertiary/aromatic N) is 3. The standard InChI is InChI=1S/C19H25N3O2S2/c1-11-7-12(2)9-22(8-11)15(23)10-25-19-20-17-16(18(24)21(19)3)13-5-4-6-14(13)26-17/h11-12H,4-10H2,1-3H3/t11-,12+. The minimum absolute atomic E-state index is 0.0320. The molecule has 26 heavy (non-hydrogen) atoms. The van der Waals surface area contributed by atoms with Crippen LogP contribution < -0.4 is 5.56 Å². The first kappa shape index (κ1) is 18.0. The van der Waals surface area contributed by atoms with Gasteiger partial charge in [-0.25, -0.2) is 4.98 Å². The van der Waals surface area contributed by atoms with Crippen molar-refractivity contribution in [3.05, 3.63) is 20.8 Å². The summed E-state index contributed by atoms with van der Waals surface area (Å²) in [6, 6.07) is 0. The number of aryl methyl sites for hydroxylation is 2. The highest BCUT2D eigenvalue weighted by Gasteiger charge is 2.26. The van der Waals surface area contributed by atoms with E-state index >= 15 is 0 Å². The number of hydrogen-bond donors (Lipinski definition) is 0. The van der Waals surface area contributed by atoms with Crippen molar-refractivity contribution in [1.29, 1.82) is 0 Å². The number of piperidine rings is 1. The van der Waals surface area contributed by atoms with Crippen molar-refractivity contribution >= 4 is 39.2 Å². The van der Waals surface area contributed by atoms with E-state index in [-0.39, 0.29) is 11.5 Å². The molecule has 0 N–H and O–H groups in total. The Kier molecular flexibility index (Phi) is 4.86. The lowest BCUT2D eigenvalue weighted by Gasteiger charge is -2.35. The van der Waals surface area contributed by atoms with Crippen LogP contribution in [-0.2, 0) is 24.7 Å². The van der Waals surface area contributed by atoms with Crippen LogP contribution in [0, 0.1) is 11.8 Å². The molecule has 2 atom stereocenters. The fraction of sp³-hybridized carbons (Fsp3) is 0.632. The fourth-order valence-electron chi connectivity index (χ4n) is 4.32. The minimum atomic E-state index is 0.0320. The Labute approximate surface area is 161 Å². The lowest BCUT2D eigenvalue weighted by atomic mass is 9.92. The van der Waals surface area contributed by atoms with Crippen LogP contribution in [0.1, 0.15) is 37.1 Å². The van der Waals surface area contributed by atoms with Gasteiger partial charge in [0.05, 0.1) is 11.1 Å². The van der Waals surface area contributed by atoms with Crippen LogP contribution in [0.3, 0.4) is 0 Å². The molecule has 5 nitrogen and oxygen atoms in total. The number of carbonyl (C=O) groups excluding carboxylic acids is 1. The summed E-state index contributed by atoms with van der Waals surface area (Å²) < 4.78 is 1.62. The molecule has 7 heteroatoms. The number of carbonyl (C=O) groups is 1. The molecule has 0 aromatic carbocycles. The molecule has 1 amide bonds. The summed E-state index contributed by atoms with van der Waals surface area (Å²) in [7, 11) is 1.77. The lowest BCUT2D eigenvalue weighted by Crippen LogP contribution is -2.43. The average Bonchev–Trinajstić information content (AvgIpc) is 3.16. The highest BCUT2D eigenvalue weighted by Crippen LogP contribution is 2.35. The second-order valence-electron chi connectivity index (χ2n) is 7.83. The lowest BCUT2D eigenvalue weighted by molar-refractivity contribution is -0.130. The molecule has 3 heterocycles. The van der Waals surface area contributed by atoms with E-state index in [2.05, 4.69) is 13.8 Å². The number of thioether (sulfide) groups is 1. The monoisotopic (exact) mass is 391 g/mol. The van der Waals surface area contributed by atoms with Crippen molar-refractivity contribution in [1.82, 2.24) is 14.5 Å². The molecule has 1 aliphatic heterocycles. The first-order valence-corrected chi connectivity index (χ1v) is 11.2. The number of likely N-dealkylation sites (tertiary alicyclic amines) is 1. The van der Waals surface area contributed by atoms with Crippen LogP contribution in [0.25, 0.3) is 10.2 Å². The van der Waals surface area contributed by atoms with Gasteiger partial charge in [0.1, 0.15) is 4.83 Å². The van der Waals surface area contributed by atoms with E-state index in [9.17, 15) is 9.59 Å². The Hall–Kier alpha value is -1.34. The van der Waals surface area contributed by atoms with Crippen molar-refractivity contribution in [2.24, 2.45) is 18.9 Å². The maximum absolute atomic E-state index is 12.8. The number of rotatable bonds is 3. The summed E-state index contributed by atoms with van der Waals surface area (Å²) in [6.45, 7) is 6.09. The van der Waals surface area contributed by atoms with E-state index in [1.54, 1.807) is 23.0 Å². The number of aromatic nitrogens is 2. The van der Waals surface area contributed by atoms with Gasteiger partial charge in [-0.05, 0) is 43.1 Å². The third-order valence-corrected chi connectivity index (χ3v) is 7.65. The first-order valence-electron chi connectivity index (χ1n) is 9.36. The summed E-state index contributed by atoms with van der Waals surface area (Å²) in [6.07, 6.45) is 4.37. The molecule has 0 unspecified atom stereocenters. The van der Waals surface area contributed by atoms with Crippen molar-refractivity contribution in [3.8, 4) is 0 Å². The van der Waals surface area contributed by atoms with Gasteiger partial charge in [-0.15, -0.1) is 11.3 Å². The summed E-state index contributed by atoms with van der Waals surface area (Å²) in [5.74, 6) is 1.60. The van der Waals surface area contributed by atoms with Crippen LogP contribution in [-0.4, -0.2) is 39.2 Å². The predicted molar refractivity (Wildman–Crippen MR) is 107 cm³/mol. The third-order valence-electron chi connectivity index (χ3n) is 5.45. The quantitative estimate of drug-likeness (QED) is 0.596. The molecular formula is C19H25N3O2S2. The Morgan fingerprint density at radius 1 is 1.27 bits per heavy atom. The van der Waals surface area contributed by atoms with E-state index in [1.807, 2.05) is 4.90 Å². The largest absolute Gasteiger partial charge is 0.341 e. The second kappa shape index (κ2) is 7.00. The van der Waals surface area contributed by atoms with Crippen molar-refractivity contribution in [2.45, 2.75) is 44.7 Å². The second-order valence-corrected chi connectivity index (χ2v) is 9.86. The highest BCUT2D eigenvalue weighted by molar-refractivity contribution is 7.99. The third kappa shape index (κ3) is 3.20. The fourth-order valence-corrected chi connectivity index (χ4v) is 6.50. The number of amides is 1. The highest BCUT2D eigenvalue weighted by atomic mass is 32.2. The van der Waals surface area contributed by atoms with Gasteiger partial charge in [0, 0.05) is 25.0 Å². The Bertz CT molecular complexity index is 908. The zero-order chi connectivity index (χ0) is 18.4. The zero-order valence-corrected chi connectivity index (χ0v) is 17.2. The van der Waals surface area contributed by atoms with Crippen molar-refractivity contribution < 1.29 is 4.79 Å². The molecule has 4 rings (SSSR count). The van der Waals surface area contributed by atoms with E-state index < -0.39 is 0 Å².